The Kier molecular flexibility index (Phi) is 6.91. The summed E-state index contributed by atoms with van der Waals surface area (Å²) < 4.78 is 0. The number of carbonyl (C=O) groups excluding carboxylic acids is 2. The number of aromatic nitrogens is 1. The van der Waals surface area contributed by atoms with Crippen molar-refractivity contribution >= 4 is 29.1 Å². The van der Waals surface area contributed by atoms with Gasteiger partial charge in [0.1, 0.15) is 0 Å². The van der Waals surface area contributed by atoms with Crippen LogP contribution in [0.5, 0.6) is 0 Å². The lowest BCUT2D eigenvalue weighted by Gasteiger charge is -2.10. The summed E-state index contributed by atoms with van der Waals surface area (Å²) in [6.45, 7) is 1.45. The summed E-state index contributed by atoms with van der Waals surface area (Å²) in [5.41, 5.74) is 1.14. The van der Waals surface area contributed by atoms with Gasteiger partial charge in [-0.3, -0.25) is 14.6 Å². The van der Waals surface area contributed by atoms with Gasteiger partial charge in [0.15, 0.2) is 0 Å². The third kappa shape index (κ3) is 5.85. The number of hydrogen-bond acceptors (Lipinski definition) is 4. The highest BCUT2D eigenvalue weighted by molar-refractivity contribution is 6.33. The summed E-state index contributed by atoms with van der Waals surface area (Å²) >= 11 is 6.03. The van der Waals surface area contributed by atoms with E-state index in [0.29, 0.717) is 28.4 Å². The summed E-state index contributed by atoms with van der Waals surface area (Å²) in [4.78, 5) is 30.5. The number of pyridine rings is 1. The number of benzene rings is 1. The van der Waals surface area contributed by atoms with Crippen LogP contribution in [0.15, 0.2) is 42.7 Å². The monoisotopic (exact) mass is 360 g/mol. The molecule has 2 N–H and O–H groups in total. The quantitative estimate of drug-likeness (QED) is 0.744. The van der Waals surface area contributed by atoms with E-state index in [1.807, 2.05) is 19.0 Å². The Morgan fingerprint density at radius 2 is 1.80 bits per heavy atom. The van der Waals surface area contributed by atoms with E-state index in [1.165, 1.54) is 18.5 Å². The zero-order valence-electron chi connectivity index (χ0n) is 14.3. The first-order chi connectivity index (χ1) is 12.0. The average Bonchev–Trinajstić information content (AvgIpc) is 2.60. The largest absolute Gasteiger partial charge is 0.352 e. The Hall–Kier alpha value is -2.44. The molecule has 2 amide bonds. The van der Waals surface area contributed by atoms with Gasteiger partial charge in [-0.05, 0) is 45.3 Å². The zero-order chi connectivity index (χ0) is 18.2. The fraction of sp³-hybridized carbons (Fsp3) is 0.278. The molecule has 0 saturated carbocycles. The number of para-hydroxylation sites is 1. The number of halogens is 1. The molecule has 0 aliphatic heterocycles. The maximum Gasteiger partial charge on any atom is 0.257 e. The molecule has 0 fully saturated rings. The van der Waals surface area contributed by atoms with Crippen LogP contribution in [0.3, 0.4) is 0 Å². The van der Waals surface area contributed by atoms with E-state index in [9.17, 15) is 9.59 Å². The molecule has 1 aromatic heterocycles. The lowest BCUT2D eigenvalue weighted by molar-refractivity contribution is 0.0952. The van der Waals surface area contributed by atoms with Crippen molar-refractivity contribution < 1.29 is 9.59 Å². The minimum atomic E-state index is -0.372. The highest BCUT2D eigenvalue weighted by Gasteiger charge is 2.12. The van der Waals surface area contributed by atoms with Gasteiger partial charge in [0.05, 0.1) is 21.8 Å². The van der Waals surface area contributed by atoms with E-state index < -0.39 is 0 Å². The highest BCUT2D eigenvalue weighted by atomic mass is 35.5. The van der Waals surface area contributed by atoms with Crippen molar-refractivity contribution in [3.8, 4) is 0 Å². The summed E-state index contributed by atoms with van der Waals surface area (Å²) in [5, 5.41) is 5.97. The fourth-order valence-electron chi connectivity index (χ4n) is 2.14. The number of rotatable bonds is 7. The van der Waals surface area contributed by atoms with Crippen LogP contribution in [0.2, 0.25) is 5.02 Å². The number of nitrogens with one attached hydrogen (secondary N) is 2. The predicted octanol–water partition coefficient (Wildman–Crippen LogP) is 2.67. The molecule has 0 unspecified atom stereocenters. The molecule has 0 radical (unpaired) electrons. The first-order valence-electron chi connectivity index (χ1n) is 7.91. The van der Waals surface area contributed by atoms with Gasteiger partial charge in [0.2, 0.25) is 0 Å². The molecule has 1 heterocycles. The van der Waals surface area contributed by atoms with Crippen LogP contribution in [0.4, 0.5) is 5.69 Å². The number of carbonyl (C=O) groups is 2. The van der Waals surface area contributed by atoms with Crippen LogP contribution in [0.1, 0.15) is 27.1 Å². The van der Waals surface area contributed by atoms with Crippen LogP contribution in [-0.2, 0) is 0 Å². The lowest BCUT2D eigenvalue weighted by Crippen LogP contribution is -2.27. The van der Waals surface area contributed by atoms with E-state index in [0.717, 1.165) is 13.0 Å². The van der Waals surface area contributed by atoms with E-state index in [-0.39, 0.29) is 11.8 Å². The minimum Gasteiger partial charge on any atom is -0.352 e. The second kappa shape index (κ2) is 9.15. The summed E-state index contributed by atoms with van der Waals surface area (Å²) in [6, 6.07) is 8.46. The van der Waals surface area contributed by atoms with Crippen molar-refractivity contribution in [1.29, 1.82) is 0 Å². The lowest BCUT2D eigenvalue weighted by atomic mass is 10.1. The summed E-state index contributed by atoms with van der Waals surface area (Å²) in [5.74, 6) is -0.624. The van der Waals surface area contributed by atoms with Crippen molar-refractivity contribution in [2.24, 2.45) is 0 Å². The van der Waals surface area contributed by atoms with Gasteiger partial charge in [-0.1, -0.05) is 23.7 Å². The van der Waals surface area contributed by atoms with Gasteiger partial charge in [0.25, 0.3) is 11.8 Å². The van der Waals surface area contributed by atoms with Crippen molar-refractivity contribution in [3.05, 3.63) is 58.9 Å². The standard InChI is InChI=1S/C18H21ClN4O2/c1-23(2)9-5-8-21-17(24)13-10-14(12-20-11-13)18(25)22-16-7-4-3-6-15(16)19/h3-4,6-7,10-12H,5,8-9H2,1-2H3,(H,21,24)(H,22,25). The number of nitrogens with zero attached hydrogens (tertiary/aromatic N) is 2. The topological polar surface area (TPSA) is 74.3 Å². The molecule has 6 nitrogen and oxygen atoms in total. The molecular formula is C18H21ClN4O2. The Labute approximate surface area is 152 Å². The Balaban J connectivity index is 1.99. The van der Waals surface area contributed by atoms with Crippen molar-refractivity contribution in [1.82, 2.24) is 15.2 Å². The third-order valence-electron chi connectivity index (χ3n) is 3.45. The Morgan fingerprint density at radius 3 is 2.48 bits per heavy atom. The average molecular weight is 361 g/mol. The molecule has 0 spiro atoms. The van der Waals surface area contributed by atoms with E-state index in [1.54, 1.807) is 24.3 Å². The highest BCUT2D eigenvalue weighted by Crippen LogP contribution is 2.21. The fourth-order valence-corrected chi connectivity index (χ4v) is 2.33. The molecule has 0 saturated heterocycles. The normalized spacial score (nSPS) is 10.6. The summed E-state index contributed by atoms with van der Waals surface area (Å²) in [6.07, 6.45) is 3.70. The predicted molar refractivity (Wildman–Crippen MR) is 99.1 cm³/mol. The van der Waals surface area contributed by atoms with Crippen molar-refractivity contribution in [2.45, 2.75) is 6.42 Å². The molecule has 7 heteroatoms. The van der Waals surface area contributed by atoms with E-state index >= 15 is 0 Å². The second-order valence-electron chi connectivity index (χ2n) is 5.81. The van der Waals surface area contributed by atoms with Gasteiger partial charge in [-0.2, -0.15) is 0 Å². The molecule has 0 aliphatic rings. The third-order valence-corrected chi connectivity index (χ3v) is 3.78. The Morgan fingerprint density at radius 1 is 1.12 bits per heavy atom. The zero-order valence-corrected chi connectivity index (χ0v) is 15.0. The van der Waals surface area contributed by atoms with Crippen LogP contribution >= 0.6 is 11.6 Å². The first kappa shape index (κ1) is 18.9. The van der Waals surface area contributed by atoms with Gasteiger partial charge in [0, 0.05) is 18.9 Å². The van der Waals surface area contributed by atoms with E-state index in [4.69, 9.17) is 11.6 Å². The maximum absolute atomic E-state index is 12.3. The van der Waals surface area contributed by atoms with Crippen LogP contribution < -0.4 is 10.6 Å². The van der Waals surface area contributed by atoms with Crippen molar-refractivity contribution in [3.63, 3.8) is 0 Å². The molecule has 0 atom stereocenters. The molecule has 0 bridgehead atoms. The van der Waals surface area contributed by atoms with Gasteiger partial charge in [-0.15, -0.1) is 0 Å². The number of amides is 2. The molecule has 1 aromatic carbocycles. The van der Waals surface area contributed by atoms with Crippen molar-refractivity contribution in [2.75, 3.05) is 32.5 Å². The molecular weight excluding hydrogens is 340 g/mol. The number of anilines is 1. The molecule has 0 aliphatic carbocycles. The Bertz CT molecular complexity index is 749. The second-order valence-corrected chi connectivity index (χ2v) is 6.22. The summed E-state index contributed by atoms with van der Waals surface area (Å²) in [7, 11) is 3.96. The van der Waals surface area contributed by atoms with Gasteiger partial charge < -0.3 is 15.5 Å². The number of hydrogen-bond donors (Lipinski definition) is 2. The first-order valence-corrected chi connectivity index (χ1v) is 8.29. The molecule has 25 heavy (non-hydrogen) atoms. The van der Waals surface area contributed by atoms with Crippen LogP contribution in [0.25, 0.3) is 0 Å². The molecule has 2 rings (SSSR count). The van der Waals surface area contributed by atoms with E-state index in [2.05, 4.69) is 15.6 Å². The maximum atomic E-state index is 12.3. The minimum absolute atomic E-state index is 0.251. The smallest absolute Gasteiger partial charge is 0.257 e. The SMILES string of the molecule is CN(C)CCCNC(=O)c1cncc(C(=O)Nc2ccccc2Cl)c1. The van der Waals surface area contributed by atoms with Crippen LogP contribution in [-0.4, -0.2) is 48.9 Å². The van der Waals surface area contributed by atoms with Gasteiger partial charge in [-0.25, -0.2) is 0 Å². The van der Waals surface area contributed by atoms with Crippen LogP contribution in [0, 0.1) is 0 Å². The molecule has 132 valence electrons. The molecule has 2 aromatic rings. The van der Waals surface area contributed by atoms with Gasteiger partial charge >= 0.3 is 0 Å².